The molecule has 0 aliphatic carbocycles. The van der Waals surface area contributed by atoms with Crippen LogP contribution >= 0.6 is 59.1 Å². The number of benzene rings is 1. The van der Waals surface area contributed by atoms with E-state index in [2.05, 4.69) is 53.1 Å². The van der Waals surface area contributed by atoms with Gasteiger partial charge in [0.25, 0.3) is 0 Å². The van der Waals surface area contributed by atoms with Gasteiger partial charge in [0.2, 0.25) is 0 Å². The number of ether oxygens (including phenoxy) is 1. The van der Waals surface area contributed by atoms with Gasteiger partial charge < -0.3 is 10.1 Å². The van der Waals surface area contributed by atoms with Crippen LogP contribution in [0.4, 0.5) is 4.39 Å². The summed E-state index contributed by atoms with van der Waals surface area (Å²) in [6, 6.07) is 5.10. The van der Waals surface area contributed by atoms with E-state index in [1.807, 2.05) is 13.1 Å². The fourth-order valence-corrected chi connectivity index (χ4v) is 4.48. The average molecular weight is 488 g/mol. The molecule has 2 rings (SSSR count). The predicted molar refractivity (Wildman–Crippen MR) is 91.3 cm³/mol. The summed E-state index contributed by atoms with van der Waals surface area (Å²) in [6.07, 6.45) is 0. The Morgan fingerprint density at radius 2 is 1.90 bits per heavy atom. The molecule has 0 fully saturated rings. The first-order valence-electron chi connectivity index (χ1n) is 5.62. The summed E-state index contributed by atoms with van der Waals surface area (Å²) in [7, 11) is 3.40. The minimum atomic E-state index is -0.339. The van der Waals surface area contributed by atoms with E-state index in [0.29, 0.717) is 10.2 Å². The van der Waals surface area contributed by atoms with Gasteiger partial charge in [-0.05, 0) is 67.0 Å². The van der Waals surface area contributed by atoms with Crippen molar-refractivity contribution in [2.45, 2.75) is 6.04 Å². The SMILES string of the molecule is CNC(c1cc(Br)c(Br)s1)c1cc(Br)c(F)cc1OC. The topological polar surface area (TPSA) is 21.3 Å². The van der Waals surface area contributed by atoms with Gasteiger partial charge >= 0.3 is 0 Å². The third-order valence-electron chi connectivity index (χ3n) is 2.82. The van der Waals surface area contributed by atoms with Crippen molar-refractivity contribution in [2.75, 3.05) is 14.2 Å². The summed E-state index contributed by atoms with van der Waals surface area (Å²) < 4.78 is 21.4. The van der Waals surface area contributed by atoms with Gasteiger partial charge in [-0.1, -0.05) is 0 Å². The molecule has 0 bridgehead atoms. The number of rotatable bonds is 4. The van der Waals surface area contributed by atoms with Gasteiger partial charge in [-0.25, -0.2) is 4.39 Å². The first-order chi connectivity index (χ1) is 9.47. The van der Waals surface area contributed by atoms with Crippen LogP contribution in [0.15, 0.2) is 30.9 Å². The van der Waals surface area contributed by atoms with Gasteiger partial charge in [-0.15, -0.1) is 11.3 Å². The van der Waals surface area contributed by atoms with Crippen LogP contribution in [0.1, 0.15) is 16.5 Å². The van der Waals surface area contributed by atoms with E-state index in [4.69, 9.17) is 4.74 Å². The zero-order chi connectivity index (χ0) is 14.9. The van der Waals surface area contributed by atoms with E-state index >= 15 is 0 Å². The van der Waals surface area contributed by atoms with Gasteiger partial charge in [0.05, 0.1) is 21.4 Å². The fraction of sp³-hybridized carbons (Fsp3) is 0.231. The zero-order valence-corrected chi connectivity index (χ0v) is 16.2. The van der Waals surface area contributed by atoms with Crippen molar-refractivity contribution >= 4 is 59.1 Å². The number of methoxy groups -OCH3 is 1. The Morgan fingerprint density at radius 1 is 1.20 bits per heavy atom. The maximum atomic E-state index is 13.6. The van der Waals surface area contributed by atoms with E-state index in [9.17, 15) is 4.39 Å². The second-order valence-corrected chi connectivity index (χ2v) is 8.11. The first kappa shape index (κ1) is 16.4. The summed E-state index contributed by atoms with van der Waals surface area (Å²) in [6.45, 7) is 0. The largest absolute Gasteiger partial charge is 0.496 e. The number of halogens is 4. The first-order valence-corrected chi connectivity index (χ1v) is 8.82. The Bertz CT molecular complexity index is 613. The van der Waals surface area contributed by atoms with Crippen molar-refractivity contribution in [2.24, 2.45) is 0 Å². The van der Waals surface area contributed by atoms with Crippen LogP contribution in [0.5, 0.6) is 5.75 Å². The van der Waals surface area contributed by atoms with Crippen molar-refractivity contribution in [1.82, 2.24) is 5.32 Å². The van der Waals surface area contributed by atoms with E-state index < -0.39 is 0 Å². The molecule has 2 aromatic rings. The van der Waals surface area contributed by atoms with E-state index in [-0.39, 0.29) is 11.9 Å². The van der Waals surface area contributed by atoms with Crippen LogP contribution in [0.3, 0.4) is 0 Å². The molecule has 0 aliphatic heterocycles. The minimum absolute atomic E-state index is 0.0746. The van der Waals surface area contributed by atoms with E-state index in [1.54, 1.807) is 24.5 Å². The Morgan fingerprint density at radius 3 is 2.40 bits per heavy atom. The highest BCUT2D eigenvalue weighted by Gasteiger charge is 2.21. The molecule has 0 aliphatic rings. The maximum Gasteiger partial charge on any atom is 0.141 e. The van der Waals surface area contributed by atoms with Crippen molar-refractivity contribution in [3.05, 3.63) is 47.2 Å². The summed E-state index contributed by atoms with van der Waals surface area (Å²) >= 11 is 11.8. The molecule has 0 spiro atoms. The van der Waals surface area contributed by atoms with Crippen molar-refractivity contribution in [3.63, 3.8) is 0 Å². The average Bonchev–Trinajstić information content (AvgIpc) is 2.74. The summed E-state index contributed by atoms with van der Waals surface area (Å²) in [5, 5.41) is 3.24. The van der Waals surface area contributed by atoms with Crippen LogP contribution in [-0.4, -0.2) is 14.2 Å². The predicted octanol–water partition coefficient (Wildman–Crippen LogP) is 5.49. The smallest absolute Gasteiger partial charge is 0.141 e. The number of hydrogen-bond donors (Lipinski definition) is 1. The molecule has 0 radical (unpaired) electrons. The quantitative estimate of drug-likeness (QED) is 0.615. The lowest BCUT2D eigenvalue weighted by molar-refractivity contribution is 0.401. The molecule has 1 heterocycles. The van der Waals surface area contributed by atoms with Crippen molar-refractivity contribution < 1.29 is 9.13 Å². The Kier molecular flexibility index (Phi) is 5.64. The molecule has 2 nitrogen and oxygen atoms in total. The number of thiophene rings is 1. The van der Waals surface area contributed by atoms with Crippen LogP contribution < -0.4 is 10.1 Å². The molecule has 1 atom stereocenters. The Balaban J connectivity index is 2.54. The normalized spacial score (nSPS) is 12.5. The molecule has 108 valence electrons. The highest BCUT2D eigenvalue weighted by atomic mass is 79.9. The van der Waals surface area contributed by atoms with Gasteiger partial charge in [0, 0.05) is 21.0 Å². The molecule has 1 aromatic heterocycles. The molecule has 20 heavy (non-hydrogen) atoms. The van der Waals surface area contributed by atoms with Gasteiger partial charge in [0.1, 0.15) is 11.6 Å². The maximum absolute atomic E-state index is 13.6. The lowest BCUT2D eigenvalue weighted by Gasteiger charge is -2.19. The van der Waals surface area contributed by atoms with E-state index in [1.165, 1.54) is 6.07 Å². The molecule has 1 aromatic carbocycles. The minimum Gasteiger partial charge on any atom is -0.496 e. The van der Waals surface area contributed by atoms with Crippen molar-refractivity contribution in [1.29, 1.82) is 0 Å². The van der Waals surface area contributed by atoms with E-state index in [0.717, 1.165) is 18.7 Å². The monoisotopic (exact) mass is 485 g/mol. The lowest BCUT2D eigenvalue weighted by atomic mass is 10.0. The van der Waals surface area contributed by atoms with Gasteiger partial charge in [-0.2, -0.15) is 0 Å². The van der Waals surface area contributed by atoms with Gasteiger partial charge in [-0.3, -0.25) is 0 Å². The highest BCUT2D eigenvalue weighted by molar-refractivity contribution is 9.13. The summed E-state index contributed by atoms with van der Waals surface area (Å²) in [4.78, 5) is 1.10. The van der Waals surface area contributed by atoms with Crippen molar-refractivity contribution in [3.8, 4) is 5.75 Å². The molecular formula is C13H11Br3FNOS. The molecule has 7 heteroatoms. The number of hydrogen-bond acceptors (Lipinski definition) is 3. The second kappa shape index (κ2) is 6.87. The lowest BCUT2D eigenvalue weighted by Crippen LogP contribution is -2.17. The van der Waals surface area contributed by atoms with Crippen LogP contribution in [-0.2, 0) is 0 Å². The third kappa shape index (κ3) is 3.27. The highest BCUT2D eigenvalue weighted by Crippen LogP contribution is 2.40. The zero-order valence-electron chi connectivity index (χ0n) is 10.6. The Hall–Kier alpha value is 0.0500. The van der Waals surface area contributed by atoms with Crippen LogP contribution in [0, 0.1) is 5.82 Å². The molecule has 0 saturated heterocycles. The van der Waals surface area contributed by atoms with Gasteiger partial charge in [0.15, 0.2) is 0 Å². The molecule has 1 N–H and O–H groups in total. The Labute approximate surface area is 146 Å². The summed E-state index contributed by atoms with van der Waals surface area (Å²) in [5.41, 5.74) is 0.879. The molecular weight excluding hydrogens is 477 g/mol. The summed E-state index contributed by atoms with van der Waals surface area (Å²) in [5.74, 6) is 0.180. The fourth-order valence-electron chi connectivity index (χ4n) is 1.90. The second-order valence-electron chi connectivity index (χ2n) is 4.00. The molecule has 0 saturated carbocycles. The number of nitrogens with one attached hydrogen (secondary N) is 1. The third-order valence-corrected chi connectivity index (χ3v) is 6.75. The van der Waals surface area contributed by atoms with Crippen LogP contribution in [0.25, 0.3) is 0 Å². The standard InChI is InChI=1S/C13H11Br3FNOS/c1-18-12(11-4-8(15)13(16)20-11)6-3-7(14)9(17)5-10(6)19-2/h3-5,12,18H,1-2H3. The molecule has 1 unspecified atom stereocenters. The van der Waals surface area contributed by atoms with Crippen LogP contribution in [0.2, 0.25) is 0 Å². The molecule has 0 amide bonds.